The van der Waals surface area contributed by atoms with Crippen LogP contribution < -0.4 is 4.90 Å². The molecule has 1 aliphatic rings. The van der Waals surface area contributed by atoms with Crippen LogP contribution in [0, 0.1) is 12.3 Å². The average molecular weight is 228 g/mol. The molecule has 0 fully saturated rings. The van der Waals surface area contributed by atoms with Gasteiger partial charge in [0.05, 0.1) is 17.8 Å². The van der Waals surface area contributed by atoms with Crippen LogP contribution in [0.5, 0.6) is 0 Å². The van der Waals surface area contributed by atoms with Crippen molar-refractivity contribution in [3.63, 3.8) is 0 Å². The molecule has 0 spiro atoms. The molecule has 1 aliphatic heterocycles. The highest BCUT2D eigenvalue weighted by molar-refractivity contribution is 6.09. The van der Waals surface area contributed by atoms with Gasteiger partial charge in [0.15, 0.2) is 0 Å². The van der Waals surface area contributed by atoms with Gasteiger partial charge in [0.2, 0.25) is 5.91 Å². The SMILES string of the molecule is C#CCN1C(=O)CN(C)C(=O)c2ccccc21. The summed E-state index contributed by atoms with van der Waals surface area (Å²) in [6.45, 7) is 0.228. The molecule has 0 aliphatic carbocycles. The summed E-state index contributed by atoms with van der Waals surface area (Å²) in [5.41, 5.74) is 1.10. The van der Waals surface area contributed by atoms with E-state index >= 15 is 0 Å². The Morgan fingerprint density at radius 1 is 1.35 bits per heavy atom. The molecule has 4 nitrogen and oxygen atoms in total. The number of rotatable bonds is 1. The van der Waals surface area contributed by atoms with E-state index in [4.69, 9.17) is 6.42 Å². The number of para-hydroxylation sites is 1. The molecule has 0 N–H and O–H groups in total. The molecule has 0 bridgehead atoms. The van der Waals surface area contributed by atoms with E-state index in [2.05, 4.69) is 5.92 Å². The molecule has 17 heavy (non-hydrogen) atoms. The van der Waals surface area contributed by atoms with Gasteiger partial charge in [-0.2, -0.15) is 0 Å². The summed E-state index contributed by atoms with van der Waals surface area (Å²) >= 11 is 0. The molecule has 1 aromatic carbocycles. The Kier molecular flexibility index (Phi) is 2.84. The van der Waals surface area contributed by atoms with E-state index in [1.807, 2.05) is 0 Å². The lowest BCUT2D eigenvalue weighted by atomic mass is 10.1. The summed E-state index contributed by atoms with van der Waals surface area (Å²) in [5, 5.41) is 0. The first-order valence-electron chi connectivity index (χ1n) is 5.23. The maximum atomic E-state index is 12.0. The highest BCUT2D eigenvalue weighted by Gasteiger charge is 2.28. The van der Waals surface area contributed by atoms with Gasteiger partial charge in [-0.05, 0) is 12.1 Å². The largest absolute Gasteiger partial charge is 0.332 e. The summed E-state index contributed by atoms with van der Waals surface area (Å²) in [4.78, 5) is 26.9. The quantitative estimate of drug-likeness (QED) is 0.665. The fourth-order valence-corrected chi connectivity index (χ4v) is 1.85. The minimum atomic E-state index is -0.163. The van der Waals surface area contributed by atoms with Crippen LogP contribution in [0.4, 0.5) is 5.69 Å². The van der Waals surface area contributed by atoms with Crippen molar-refractivity contribution in [2.24, 2.45) is 0 Å². The molecule has 0 saturated heterocycles. The maximum Gasteiger partial charge on any atom is 0.256 e. The topological polar surface area (TPSA) is 40.6 Å². The Bertz CT molecular complexity index is 516. The van der Waals surface area contributed by atoms with E-state index < -0.39 is 0 Å². The number of hydrogen-bond donors (Lipinski definition) is 0. The molecule has 0 aromatic heterocycles. The fraction of sp³-hybridized carbons (Fsp3) is 0.231. The Morgan fingerprint density at radius 2 is 2.06 bits per heavy atom. The van der Waals surface area contributed by atoms with Crippen molar-refractivity contribution in [3.05, 3.63) is 29.8 Å². The molecular weight excluding hydrogens is 216 g/mol. The molecule has 1 heterocycles. The molecule has 2 amide bonds. The number of terminal acetylenes is 1. The number of amides is 2. The van der Waals surface area contributed by atoms with Crippen molar-refractivity contribution in [2.75, 3.05) is 25.0 Å². The zero-order valence-corrected chi connectivity index (χ0v) is 9.51. The van der Waals surface area contributed by atoms with Crippen LogP contribution in [-0.4, -0.2) is 36.9 Å². The average Bonchev–Trinajstić information content (AvgIpc) is 2.42. The van der Waals surface area contributed by atoms with Crippen LogP contribution in [0.3, 0.4) is 0 Å². The minimum absolute atomic E-state index is 0.0508. The summed E-state index contributed by atoms with van der Waals surface area (Å²) in [5.74, 6) is 2.12. The number of fused-ring (bicyclic) bond motifs is 1. The third-order valence-corrected chi connectivity index (χ3v) is 2.69. The number of anilines is 1. The first kappa shape index (κ1) is 11.2. The van der Waals surface area contributed by atoms with Gasteiger partial charge in [-0.3, -0.25) is 14.5 Å². The van der Waals surface area contributed by atoms with Gasteiger partial charge in [-0.1, -0.05) is 18.1 Å². The van der Waals surface area contributed by atoms with Crippen molar-refractivity contribution in [2.45, 2.75) is 0 Å². The van der Waals surface area contributed by atoms with Gasteiger partial charge in [0.1, 0.15) is 6.54 Å². The van der Waals surface area contributed by atoms with Gasteiger partial charge in [0, 0.05) is 7.05 Å². The van der Waals surface area contributed by atoms with E-state index in [0.717, 1.165) is 0 Å². The number of carbonyl (C=O) groups is 2. The Morgan fingerprint density at radius 3 is 2.76 bits per heavy atom. The zero-order chi connectivity index (χ0) is 12.4. The number of hydrogen-bond acceptors (Lipinski definition) is 2. The lowest BCUT2D eigenvalue weighted by Crippen LogP contribution is -2.37. The van der Waals surface area contributed by atoms with Crippen molar-refractivity contribution in [3.8, 4) is 12.3 Å². The molecule has 86 valence electrons. The number of benzene rings is 1. The van der Waals surface area contributed by atoms with Crippen molar-refractivity contribution in [1.82, 2.24) is 4.90 Å². The van der Waals surface area contributed by atoms with Crippen LogP contribution in [-0.2, 0) is 4.79 Å². The fourth-order valence-electron chi connectivity index (χ4n) is 1.85. The highest BCUT2D eigenvalue weighted by atomic mass is 16.2. The van der Waals surface area contributed by atoms with E-state index in [1.165, 1.54) is 9.80 Å². The van der Waals surface area contributed by atoms with Crippen LogP contribution in [0.2, 0.25) is 0 Å². The second-order valence-electron chi connectivity index (χ2n) is 3.86. The van der Waals surface area contributed by atoms with Crippen LogP contribution >= 0.6 is 0 Å². The molecule has 0 atom stereocenters. The second-order valence-corrected chi connectivity index (χ2v) is 3.86. The predicted molar refractivity (Wildman–Crippen MR) is 64.6 cm³/mol. The number of nitrogens with zero attached hydrogens (tertiary/aromatic N) is 2. The van der Waals surface area contributed by atoms with Crippen LogP contribution in [0.15, 0.2) is 24.3 Å². The summed E-state index contributed by atoms with van der Waals surface area (Å²) in [6.07, 6.45) is 5.26. The van der Waals surface area contributed by atoms with Crippen molar-refractivity contribution in [1.29, 1.82) is 0 Å². The molecular formula is C13H12N2O2. The molecule has 0 radical (unpaired) electrons. The molecule has 2 rings (SSSR count). The second kappa shape index (κ2) is 4.30. The number of carbonyl (C=O) groups excluding carboxylic acids is 2. The molecule has 0 unspecified atom stereocenters. The van der Waals surface area contributed by atoms with E-state index in [-0.39, 0.29) is 24.9 Å². The van der Waals surface area contributed by atoms with Crippen molar-refractivity contribution < 1.29 is 9.59 Å². The zero-order valence-electron chi connectivity index (χ0n) is 9.51. The Labute approximate surface area is 99.8 Å². The Hall–Kier alpha value is -2.28. The smallest absolute Gasteiger partial charge is 0.256 e. The monoisotopic (exact) mass is 228 g/mol. The van der Waals surface area contributed by atoms with Crippen molar-refractivity contribution >= 4 is 17.5 Å². The first-order chi connectivity index (χ1) is 8.15. The van der Waals surface area contributed by atoms with E-state index in [0.29, 0.717) is 11.3 Å². The van der Waals surface area contributed by atoms with Gasteiger partial charge in [0.25, 0.3) is 5.91 Å². The summed E-state index contributed by atoms with van der Waals surface area (Å²) < 4.78 is 0. The normalized spacial score (nSPS) is 15.3. The van der Waals surface area contributed by atoms with Crippen LogP contribution in [0.25, 0.3) is 0 Å². The standard InChI is InChI=1S/C13H12N2O2/c1-3-8-15-11-7-5-4-6-10(11)13(17)14(2)9-12(15)16/h1,4-7H,8-9H2,2H3. The number of likely N-dealkylation sites (N-methyl/N-ethyl adjacent to an activating group) is 1. The maximum absolute atomic E-state index is 12.0. The first-order valence-corrected chi connectivity index (χ1v) is 5.23. The minimum Gasteiger partial charge on any atom is -0.332 e. The Balaban J connectivity index is 2.57. The van der Waals surface area contributed by atoms with E-state index in [1.54, 1.807) is 31.3 Å². The van der Waals surface area contributed by atoms with Gasteiger partial charge < -0.3 is 4.90 Å². The highest BCUT2D eigenvalue weighted by Crippen LogP contribution is 2.24. The summed E-state index contributed by atoms with van der Waals surface area (Å²) in [7, 11) is 1.61. The van der Waals surface area contributed by atoms with E-state index in [9.17, 15) is 9.59 Å². The third-order valence-electron chi connectivity index (χ3n) is 2.69. The lowest BCUT2D eigenvalue weighted by Gasteiger charge is -2.19. The van der Waals surface area contributed by atoms with Crippen LogP contribution in [0.1, 0.15) is 10.4 Å². The lowest BCUT2D eigenvalue weighted by molar-refractivity contribution is -0.118. The van der Waals surface area contributed by atoms with Gasteiger partial charge in [-0.25, -0.2) is 0 Å². The predicted octanol–water partition coefficient (Wildman–Crippen LogP) is 0.738. The molecule has 1 aromatic rings. The van der Waals surface area contributed by atoms with Gasteiger partial charge in [-0.15, -0.1) is 6.42 Å². The molecule has 0 saturated carbocycles. The van der Waals surface area contributed by atoms with Gasteiger partial charge >= 0.3 is 0 Å². The molecule has 4 heteroatoms. The third kappa shape index (κ3) is 1.87. The summed E-state index contributed by atoms with van der Waals surface area (Å²) in [6, 6.07) is 7.00.